The molecule has 44 heavy (non-hydrogen) atoms. The number of nitrogens with one attached hydrogen (secondary N) is 3. The number of ether oxygens (including phenoxy) is 1. The summed E-state index contributed by atoms with van der Waals surface area (Å²) in [6, 6.07) is 2.33. The molecule has 4 fully saturated rings. The molecule has 1 aromatic carbocycles. The largest absolute Gasteiger partial charge is 0.461 e. The number of piperidine rings is 2. The lowest BCUT2D eigenvalue weighted by Crippen LogP contribution is -2.70. The summed E-state index contributed by atoms with van der Waals surface area (Å²) < 4.78 is 50.1. The summed E-state index contributed by atoms with van der Waals surface area (Å²) in [4.78, 5) is 53.7. The fourth-order valence-corrected chi connectivity index (χ4v) is 6.72. The van der Waals surface area contributed by atoms with Gasteiger partial charge in [-0.05, 0) is 69.2 Å². The average molecular weight is 641 g/mol. The molecule has 242 valence electrons. The standard InChI is InChI=1S/C31H40ClF3N4O5/c1-4-44-30(43)24(33)15-21(13-18-10-11-36-27(18)40)38-28(41)26-23-9-8-22(16-31(23,34)35)39(26)29(42)25(12-17(2)3)37-20-7-5-6-19(32)14-20/h5-7,14-15,17-18,21-23,25-26,37H,4,8-13,16H2,1-3H3,(H,36,40)(H,38,41)/b24-15+/t18-,21-,22-,23-,25-,26+/m0/s1. The minimum Gasteiger partial charge on any atom is -0.461 e. The van der Waals surface area contributed by atoms with Gasteiger partial charge in [0.15, 0.2) is 0 Å². The second kappa shape index (κ2) is 14.2. The highest BCUT2D eigenvalue weighted by molar-refractivity contribution is 6.30. The molecule has 3 heterocycles. The third-order valence-electron chi connectivity index (χ3n) is 8.48. The van der Waals surface area contributed by atoms with Gasteiger partial charge in [0.2, 0.25) is 23.5 Å². The third-order valence-corrected chi connectivity index (χ3v) is 8.71. The maximum Gasteiger partial charge on any atom is 0.366 e. The zero-order valence-corrected chi connectivity index (χ0v) is 25.8. The van der Waals surface area contributed by atoms with Gasteiger partial charge in [0, 0.05) is 35.6 Å². The molecule has 0 spiro atoms. The van der Waals surface area contributed by atoms with E-state index >= 15 is 8.78 Å². The van der Waals surface area contributed by atoms with Crippen molar-refractivity contribution in [2.45, 2.75) is 89.4 Å². The average Bonchev–Trinajstić information content (AvgIpc) is 3.35. The molecular weight excluding hydrogens is 601 g/mol. The molecule has 2 bridgehead atoms. The van der Waals surface area contributed by atoms with Crippen LogP contribution >= 0.6 is 11.6 Å². The van der Waals surface area contributed by atoms with Crippen molar-refractivity contribution >= 4 is 41.0 Å². The van der Waals surface area contributed by atoms with Crippen molar-refractivity contribution in [1.29, 1.82) is 0 Å². The minimum absolute atomic E-state index is 0.0266. The van der Waals surface area contributed by atoms with Gasteiger partial charge in [-0.15, -0.1) is 0 Å². The number of carbonyl (C=O) groups excluding carboxylic acids is 4. The Labute approximate surface area is 260 Å². The topological polar surface area (TPSA) is 117 Å². The summed E-state index contributed by atoms with van der Waals surface area (Å²) in [7, 11) is 0. The van der Waals surface area contributed by atoms with Gasteiger partial charge in [0.25, 0.3) is 5.92 Å². The molecule has 1 aliphatic carbocycles. The van der Waals surface area contributed by atoms with Gasteiger partial charge >= 0.3 is 5.97 Å². The van der Waals surface area contributed by atoms with E-state index in [0.29, 0.717) is 36.5 Å². The number of amides is 3. The lowest BCUT2D eigenvalue weighted by molar-refractivity contribution is -0.194. The van der Waals surface area contributed by atoms with Crippen molar-refractivity contribution in [2.75, 3.05) is 18.5 Å². The quantitative estimate of drug-likeness (QED) is 0.227. The van der Waals surface area contributed by atoms with Crippen LogP contribution in [0.4, 0.5) is 18.9 Å². The Morgan fingerprint density at radius 3 is 2.59 bits per heavy atom. The van der Waals surface area contributed by atoms with Gasteiger partial charge in [-0.3, -0.25) is 14.4 Å². The van der Waals surface area contributed by atoms with Crippen molar-refractivity contribution in [3.63, 3.8) is 0 Å². The Bertz CT molecular complexity index is 1280. The van der Waals surface area contributed by atoms with Crippen LogP contribution in [0.3, 0.4) is 0 Å². The molecule has 3 aliphatic heterocycles. The highest BCUT2D eigenvalue weighted by Gasteiger charge is 2.61. The second-order valence-corrected chi connectivity index (χ2v) is 12.6. The predicted molar refractivity (Wildman–Crippen MR) is 159 cm³/mol. The Morgan fingerprint density at radius 1 is 1.23 bits per heavy atom. The van der Waals surface area contributed by atoms with Crippen molar-refractivity contribution in [3.05, 3.63) is 41.2 Å². The van der Waals surface area contributed by atoms with E-state index < -0.39 is 72.0 Å². The van der Waals surface area contributed by atoms with Crippen LogP contribution in [0.2, 0.25) is 5.02 Å². The van der Waals surface area contributed by atoms with Crippen molar-refractivity contribution < 1.29 is 37.1 Å². The normalized spacial score (nSPS) is 25.8. The first-order valence-electron chi connectivity index (χ1n) is 15.1. The first-order chi connectivity index (χ1) is 20.8. The first kappa shape index (κ1) is 33.6. The number of carbonyl (C=O) groups is 4. The first-order valence-corrected chi connectivity index (χ1v) is 15.5. The van der Waals surface area contributed by atoms with Gasteiger partial charge in [0.05, 0.1) is 18.6 Å². The van der Waals surface area contributed by atoms with Gasteiger partial charge in [-0.1, -0.05) is 31.5 Å². The third kappa shape index (κ3) is 7.86. The van der Waals surface area contributed by atoms with Gasteiger partial charge < -0.3 is 25.6 Å². The molecule has 13 heteroatoms. The zero-order chi connectivity index (χ0) is 32.2. The number of halogens is 4. The number of hydrogen-bond donors (Lipinski definition) is 3. The number of esters is 1. The monoisotopic (exact) mass is 640 g/mol. The lowest BCUT2D eigenvalue weighted by Gasteiger charge is -2.54. The molecule has 1 aromatic rings. The van der Waals surface area contributed by atoms with Crippen LogP contribution < -0.4 is 16.0 Å². The van der Waals surface area contributed by atoms with Crippen molar-refractivity contribution in [3.8, 4) is 0 Å². The Hall–Kier alpha value is -3.28. The van der Waals surface area contributed by atoms with E-state index in [-0.39, 0.29) is 31.3 Å². The maximum atomic E-state index is 15.3. The van der Waals surface area contributed by atoms with E-state index in [0.717, 1.165) is 6.08 Å². The fourth-order valence-electron chi connectivity index (χ4n) is 6.53. The summed E-state index contributed by atoms with van der Waals surface area (Å²) >= 11 is 6.14. The molecule has 1 saturated carbocycles. The van der Waals surface area contributed by atoms with E-state index in [4.69, 9.17) is 16.3 Å². The van der Waals surface area contributed by atoms with Crippen LogP contribution in [0.25, 0.3) is 0 Å². The van der Waals surface area contributed by atoms with Crippen LogP contribution in [0, 0.1) is 17.8 Å². The second-order valence-electron chi connectivity index (χ2n) is 12.2. The van der Waals surface area contributed by atoms with Crippen LogP contribution in [0.1, 0.15) is 59.3 Å². The number of nitrogens with zero attached hydrogens (tertiary/aromatic N) is 1. The molecular formula is C31H40ClF3N4O5. The zero-order valence-electron chi connectivity index (χ0n) is 25.1. The molecule has 3 saturated heterocycles. The number of alkyl halides is 2. The van der Waals surface area contributed by atoms with Crippen LogP contribution in [0.5, 0.6) is 0 Å². The summed E-state index contributed by atoms with van der Waals surface area (Å²) in [5.41, 5.74) is 0.569. The van der Waals surface area contributed by atoms with E-state index in [2.05, 4.69) is 16.0 Å². The molecule has 0 unspecified atom stereocenters. The SMILES string of the molecule is CCOC(=O)/C(F)=C\[C@H](C[C@@H]1CCNC1=O)NC(=O)[C@H]1[C@@H]2CC[C@@H](CC2(F)F)N1C(=O)[C@H](CC(C)C)Nc1cccc(Cl)c1. The minimum atomic E-state index is -3.21. The van der Waals surface area contributed by atoms with Crippen LogP contribution in [-0.4, -0.2) is 71.8 Å². The predicted octanol–water partition coefficient (Wildman–Crippen LogP) is 4.61. The number of benzene rings is 1. The molecule has 0 aromatic heterocycles. The number of fused-ring (bicyclic) bond motifs is 3. The van der Waals surface area contributed by atoms with Gasteiger partial charge in [-0.25, -0.2) is 13.6 Å². The molecule has 0 radical (unpaired) electrons. The Morgan fingerprint density at radius 2 is 1.98 bits per heavy atom. The van der Waals surface area contributed by atoms with Gasteiger partial charge in [0.1, 0.15) is 12.1 Å². The van der Waals surface area contributed by atoms with E-state index in [1.54, 1.807) is 24.3 Å². The lowest BCUT2D eigenvalue weighted by atomic mass is 9.71. The van der Waals surface area contributed by atoms with Crippen molar-refractivity contribution in [1.82, 2.24) is 15.5 Å². The summed E-state index contributed by atoms with van der Waals surface area (Å²) in [5, 5.41) is 8.90. The molecule has 6 atom stereocenters. The molecule has 3 N–H and O–H groups in total. The molecule has 9 nitrogen and oxygen atoms in total. The molecule has 3 amide bonds. The maximum absolute atomic E-state index is 15.3. The number of hydrogen-bond acceptors (Lipinski definition) is 6. The number of rotatable bonds is 12. The summed E-state index contributed by atoms with van der Waals surface area (Å²) in [6.45, 7) is 5.67. The summed E-state index contributed by atoms with van der Waals surface area (Å²) in [6.07, 6.45) is 1.32. The molecule has 4 aliphatic rings. The highest BCUT2D eigenvalue weighted by atomic mass is 35.5. The Kier molecular flexibility index (Phi) is 10.9. The summed E-state index contributed by atoms with van der Waals surface area (Å²) in [5.74, 6) is -9.42. The smallest absolute Gasteiger partial charge is 0.366 e. The van der Waals surface area contributed by atoms with Crippen LogP contribution in [-0.2, 0) is 23.9 Å². The van der Waals surface area contributed by atoms with Crippen LogP contribution in [0.15, 0.2) is 36.2 Å². The molecule has 5 rings (SSSR count). The van der Waals surface area contributed by atoms with E-state index in [9.17, 15) is 23.6 Å². The highest BCUT2D eigenvalue weighted by Crippen LogP contribution is 2.49. The Balaban J connectivity index is 1.65. The number of anilines is 1. The van der Waals surface area contributed by atoms with E-state index in [1.165, 1.54) is 11.8 Å². The van der Waals surface area contributed by atoms with Gasteiger partial charge in [-0.2, -0.15) is 4.39 Å². The van der Waals surface area contributed by atoms with Crippen molar-refractivity contribution in [2.24, 2.45) is 17.8 Å². The fraction of sp³-hybridized carbons (Fsp3) is 0.613. The van der Waals surface area contributed by atoms with E-state index in [1.807, 2.05) is 13.8 Å².